The summed E-state index contributed by atoms with van der Waals surface area (Å²) in [5.41, 5.74) is 14.2. The molecule has 144 valence electrons. The molecule has 7 heteroatoms. The van der Waals surface area contributed by atoms with Crippen LogP contribution in [0.4, 0.5) is 5.69 Å². The predicted molar refractivity (Wildman–Crippen MR) is 118 cm³/mol. The normalized spacial score (nSPS) is 11.6. The van der Waals surface area contributed by atoms with Gasteiger partial charge < -0.3 is 21.8 Å². The Morgan fingerprint density at radius 2 is 1.69 bits per heavy atom. The summed E-state index contributed by atoms with van der Waals surface area (Å²) < 4.78 is 0. The fourth-order valence-electron chi connectivity index (χ4n) is 3.19. The Hall–Kier alpha value is -4.13. The Bertz CT molecular complexity index is 1260. The first kappa shape index (κ1) is 18.2. The molecular weight excluding hydrogens is 364 g/mol. The molecular formula is C22H20N6O. The molecule has 7 nitrogen and oxygen atoms in total. The zero-order chi connectivity index (χ0) is 20.4. The van der Waals surface area contributed by atoms with Crippen molar-refractivity contribution in [3.05, 3.63) is 78.0 Å². The quantitative estimate of drug-likeness (QED) is 0.244. The van der Waals surface area contributed by atoms with Gasteiger partial charge in [0.2, 0.25) is 5.96 Å². The molecule has 0 aliphatic rings. The summed E-state index contributed by atoms with van der Waals surface area (Å²) in [4.78, 5) is 15.9. The van der Waals surface area contributed by atoms with Gasteiger partial charge in [0.05, 0.1) is 5.71 Å². The van der Waals surface area contributed by atoms with Gasteiger partial charge in [-0.3, -0.25) is 4.79 Å². The molecule has 0 saturated heterocycles. The van der Waals surface area contributed by atoms with Gasteiger partial charge in [-0.2, -0.15) is 5.10 Å². The average Bonchev–Trinajstić information content (AvgIpc) is 3.17. The molecule has 6 N–H and O–H groups in total. The van der Waals surface area contributed by atoms with Crippen molar-refractivity contribution in [1.82, 2.24) is 4.98 Å². The number of nitrogens with two attached hydrogens (primary N) is 2. The fraction of sp³-hybridized carbons (Fsp3) is 0.0455. The summed E-state index contributed by atoms with van der Waals surface area (Å²) in [5, 5.41) is 13.8. The lowest BCUT2D eigenvalue weighted by Gasteiger charge is -2.05. The number of hydrogen-bond acceptors (Lipinski definition) is 3. The lowest BCUT2D eigenvalue weighted by Crippen LogP contribution is -2.22. The number of benzene rings is 3. The topological polar surface area (TPSA) is 122 Å². The second kappa shape index (κ2) is 7.47. The van der Waals surface area contributed by atoms with E-state index in [-0.39, 0.29) is 11.9 Å². The Morgan fingerprint density at radius 3 is 2.45 bits per heavy atom. The number of fused-ring (bicyclic) bond motifs is 3. The number of nitrogens with zero attached hydrogens (tertiary/aromatic N) is 2. The summed E-state index contributed by atoms with van der Waals surface area (Å²) >= 11 is 0. The van der Waals surface area contributed by atoms with E-state index < -0.39 is 0 Å². The number of hydrogen-bond donors (Lipinski definition) is 4. The Morgan fingerprint density at radius 1 is 0.931 bits per heavy atom. The fourth-order valence-corrected chi connectivity index (χ4v) is 3.19. The van der Waals surface area contributed by atoms with Crippen LogP contribution >= 0.6 is 0 Å². The molecule has 0 spiro atoms. The van der Waals surface area contributed by atoms with Crippen LogP contribution in [0.15, 0.2) is 76.9 Å². The van der Waals surface area contributed by atoms with Gasteiger partial charge in [0.15, 0.2) is 0 Å². The van der Waals surface area contributed by atoms with Gasteiger partial charge in [0, 0.05) is 16.6 Å². The molecule has 0 unspecified atom stereocenters. The molecule has 1 aromatic heterocycles. The van der Waals surface area contributed by atoms with Crippen LogP contribution < -0.4 is 16.8 Å². The molecule has 0 aliphatic heterocycles. The van der Waals surface area contributed by atoms with Crippen molar-refractivity contribution in [3.8, 4) is 0 Å². The molecule has 3 aromatic carbocycles. The predicted octanol–water partition coefficient (Wildman–Crippen LogP) is 3.57. The monoisotopic (exact) mass is 384 g/mol. The third-order valence-electron chi connectivity index (χ3n) is 4.65. The van der Waals surface area contributed by atoms with Crippen molar-refractivity contribution < 1.29 is 4.79 Å². The molecule has 0 saturated carbocycles. The van der Waals surface area contributed by atoms with Crippen molar-refractivity contribution in [2.24, 2.45) is 21.7 Å². The highest BCUT2D eigenvalue weighted by atomic mass is 16.1. The van der Waals surface area contributed by atoms with Crippen molar-refractivity contribution in [3.63, 3.8) is 0 Å². The van der Waals surface area contributed by atoms with Crippen LogP contribution in [0, 0.1) is 0 Å². The van der Waals surface area contributed by atoms with Gasteiger partial charge in [-0.05, 0) is 47.5 Å². The maximum atomic E-state index is 12.7. The van der Waals surface area contributed by atoms with Crippen LogP contribution in [-0.2, 0) is 0 Å². The third-order valence-corrected chi connectivity index (χ3v) is 4.65. The molecule has 0 bridgehead atoms. The van der Waals surface area contributed by atoms with Gasteiger partial charge in [-0.15, -0.1) is 5.10 Å². The Balaban J connectivity index is 1.56. The summed E-state index contributed by atoms with van der Waals surface area (Å²) in [6, 6.07) is 21.3. The van der Waals surface area contributed by atoms with Crippen LogP contribution in [0.5, 0.6) is 0 Å². The van der Waals surface area contributed by atoms with E-state index in [4.69, 9.17) is 11.5 Å². The summed E-state index contributed by atoms with van der Waals surface area (Å²) in [6.45, 7) is 1.80. The van der Waals surface area contributed by atoms with Crippen molar-refractivity contribution in [1.29, 1.82) is 0 Å². The summed E-state index contributed by atoms with van der Waals surface area (Å²) in [7, 11) is 0. The Kier molecular flexibility index (Phi) is 4.70. The largest absolute Gasteiger partial charge is 0.369 e. The highest BCUT2D eigenvalue weighted by Crippen LogP contribution is 2.26. The Labute approximate surface area is 167 Å². The van der Waals surface area contributed by atoms with Crippen LogP contribution in [0.2, 0.25) is 0 Å². The minimum Gasteiger partial charge on any atom is -0.369 e. The number of rotatable bonds is 4. The molecule has 1 heterocycles. The maximum absolute atomic E-state index is 12.7. The second-order valence-corrected chi connectivity index (χ2v) is 6.67. The highest BCUT2D eigenvalue weighted by molar-refractivity contribution is 6.12. The van der Waals surface area contributed by atoms with Gasteiger partial charge in [0.25, 0.3) is 5.91 Å². The molecule has 4 aromatic rings. The van der Waals surface area contributed by atoms with E-state index in [1.54, 1.807) is 19.1 Å². The SMILES string of the molecule is CC(=NN=C(N)N)c1ccc(NC(=O)c2cc3c(ccc4ccccc43)[nH]2)cc1. The first-order valence-corrected chi connectivity index (χ1v) is 9.07. The van der Waals surface area contributed by atoms with Gasteiger partial charge in [-0.25, -0.2) is 0 Å². The van der Waals surface area contributed by atoms with E-state index in [0.29, 0.717) is 17.1 Å². The zero-order valence-electron chi connectivity index (χ0n) is 15.8. The van der Waals surface area contributed by atoms with Crippen molar-refractivity contribution in [2.45, 2.75) is 6.92 Å². The molecule has 0 fully saturated rings. The van der Waals surface area contributed by atoms with Gasteiger partial charge in [0.1, 0.15) is 5.69 Å². The van der Waals surface area contributed by atoms with Crippen molar-refractivity contribution in [2.75, 3.05) is 5.32 Å². The maximum Gasteiger partial charge on any atom is 0.272 e. The zero-order valence-corrected chi connectivity index (χ0v) is 15.8. The van der Waals surface area contributed by atoms with E-state index in [2.05, 4.69) is 32.6 Å². The number of aromatic nitrogens is 1. The van der Waals surface area contributed by atoms with E-state index in [1.807, 2.05) is 42.5 Å². The van der Waals surface area contributed by atoms with Gasteiger partial charge in [-0.1, -0.05) is 42.5 Å². The van der Waals surface area contributed by atoms with Crippen LogP contribution in [0.1, 0.15) is 23.0 Å². The average molecular weight is 384 g/mol. The number of carbonyl (C=O) groups excluding carboxylic acids is 1. The first-order chi connectivity index (χ1) is 14.0. The van der Waals surface area contributed by atoms with E-state index in [0.717, 1.165) is 27.2 Å². The summed E-state index contributed by atoms with van der Waals surface area (Å²) in [5.74, 6) is -0.303. The van der Waals surface area contributed by atoms with Crippen molar-refractivity contribution >= 4 is 44.9 Å². The number of H-pyrrole nitrogens is 1. The number of guanidine groups is 1. The lowest BCUT2D eigenvalue weighted by molar-refractivity contribution is 0.102. The standard InChI is InChI=1S/C22H20N6O/c1-13(27-28-22(23)24)14-6-9-16(10-7-14)25-21(29)20-12-18-17-5-3-2-4-15(17)8-11-19(18)26-20/h2-12,26H,1H3,(H,25,29)(H4,23,24,28). The molecule has 0 aliphatic carbocycles. The van der Waals surface area contributed by atoms with Crippen LogP contribution in [0.3, 0.4) is 0 Å². The molecule has 4 rings (SSSR count). The highest BCUT2D eigenvalue weighted by Gasteiger charge is 2.12. The van der Waals surface area contributed by atoms with E-state index in [9.17, 15) is 4.79 Å². The molecule has 1 amide bonds. The smallest absolute Gasteiger partial charge is 0.272 e. The minimum absolute atomic E-state index is 0.0978. The number of aromatic amines is 1. The van der Waals surface area contributed by atoms with Crippen LogP contribution in [-0.4, -0.2) is 22.6 Å². The number of amides is 1. The molecule has 29 heavy (non-hydrogen) atoms. The first-order valence-electron chi connectivity index (χ1n) is 9.07. The third kappa shape index (κ3) is 3.79. The molecule has 0 atom stereocenters. The second-order valence-electron chi connectivity index (χ2n) is 6.67. The summed E-state index contributed by atoms with van der Waals surface area (Å²) in [6.07, 6.45) is 0. The lowest BCUT2D eigenvalue weighted by atomic mass is 10.1. The number of nitrogens with one attached hydrogen (secondary N) is 2. The minimum atomic E-state index is -0.205. The number of anilines is 1. The van der Waals surface area contributed by atoms with Gasteiger partial charge >= 0.3 is 0 Å². The molecule has 0 radical (unpaired) electrons. The van der Waals surface area contributed by atoms with E-state index >= 15 is 0 Å². The number of carbonyl (C=O) groups is 1. The van der Waals surface area contributed by atoms with E-state index in [1.165, 1.54) is 0 Å². The van der Waals surface area contributed by atoms with Crippen LogP contribution in [0.25, 0.3) is 21.7 Å².